The maximum Gasteiger partial charge on any atom is 0.224 e. The van der Waals surface area contributed by atoms with Gasteiger partial charge >= 0.3 is 0 Å². The topological polar surface area (TPSA) is 96.3 Å². The molecule has 0 bridgehead atoms. The number of sulfone groups is 1. The summed E-state index contributed by atoms with van der Waals surface area (Å²) in [5.41, 5.74) is -0.821. The Morgan fingerprint density at radius 2 is 1.81 bits per heavy atom. The summed E-state index contributed by atoms with van der Waals surface area (Å²) in [4.78, 5) is 13.1. The summed E-state index contributed by atoms with van der Waals surface area (Å²) in [7, 11) is -3.74. The maximum absolute atomic E-state index is 13.3. The first-order valence-electron chi connectivity index (χ1n) is 10.3. The van der Waals surface area contributed by atoms with E-state index >= 15 is 0 Å². The van der Waals surface area contributed by atoms with Crippen LogP contribution in [0.25, 0.3) is 0 Å². The SMILES string of the molecule is N#CC1(NC(=O)[C@@H]2CC(S(=O)(=O)c3ccccc3Cl)C[C@H]2COc2ccc(Cl)cc2)CC1. The summed E-state index contributed by atoms with van der Waals surface area (Å²) in [5.74, 6) is -0.634. The van der Waals surface area contributed by atoms with E-state index in [1.54, 1.807) is 42.5 Å². The molecule has 4 rings (SSSR count). The predicted octanol–water partition coefficient (Wildman–Crippen LogP) is 4.41. The largest absolute Gasteiger partial charge is 0.493 e. The second-order valence-corrected chi connectivity index (χ2v) is 11.4. The van der Waals surface area contributed by atoms with Crippen LogP contribution in [0.3, 0.4) is 0 Å². The summed E-state index contributed by atoms with van der Waals surface area (Å²) in [5, 5.41) is 12.1. The third-order valence-electron chi connectivity index (χ3n) is 6.17. The van der Waals surface area contributed by atoms with Crippen LogP contribution in [0.15, 0.2) is 53.4 Å². The molecule has 2 saturated carbocycles. The lowest BCUT2D eigenvalue weighted by atomic mass is 9.95. The first-order chi connectivity index (χ1) is 15.2. The molecule has 1 amide bonds. The second kappa shape index (κ2) is 8.93. The molecule has 168 valence electrons. The Balaban J connectivity index is 1.55. The van der Waals surface area contributed by atoms with Crippen LogP contribution in [0.4, 0.5) is 0 Å². The Hall–Kier alpha value is -2.27. The Bertz CT molecular complexity index is 1160. The van der Waals surface area contributed by atoms with Crippen LogP contribution >= 0.6 is 23.2 Å². The fraction of sp³-hybridized carbons (Fsp3) is 0.391. The second-order valence-electron chi connectivity index (χ2n) is 8.38. The monoisotopic (exact) mass is 492 g/mol. The lowest BCUT2D eigenvalue weighted by Crippen LogP contribution is -2.41. The van der Waals surface area contributed by atoms with Crippen molar-refractivity contribution < 1.29 is 17.9 Å². The zero-order valence-electron chi connectivity index (χ0n) is 17.1. The Morgan fingerprint density at radius 1 is 1.12 bits per heavy atom. The molecule has 1 unspecified atom stereocenters. The van der Waals surface area contributed by atoms with Crippen LogP contribution in [0, 0.1) is 23.2 Å². The van der Waals surface area contributed by atoms with E-state index in [0.717, 1.165) is 0 Å². The molecule has 2 aliphatic carbocycles. The van der Waals surface area contributed by atoms with Gasteiger partial charge in [0.05, 0.1) is 27.8 Å². The number of amides is 1. The molecule has 9 heteroatoms. The van der Waals surface area contributed by atoms with Crippen molar-refractivity contribution in [2.24, 2.45) is 11.8 Å². The van der Waals surface area contributed by atoms with Crippen molar-refractivity contribution in [1.29, 1.82) is 5.26 Å². The molecule has 3 atom stereocenters. The van der Waals surface area contributed by atoms with E-state index < -0.39 is 26.5 Å². The predicted molar refractivity (Wildman–Crippen MR) is 121 cm³/mol. The smallest absolute Gasteiger partial charge is 0.224 e. The molecular weight excluding hydrogens is 471 g/mol. The maximum atomic E-state index is 13.3. The summed E-state index contributed by atoms with van der Waals surface area (Å²) in [6.07, 6.45) is 1.62. The molecule has 0 heterocycles. The highest BCUT2D eigenvalue weighted by Gasteiger charge is 2.50. The van der Waals surface area contributed by atoms with Gasteiger partial charge in [0.1, 0.15) is 11.3 Å². The number of nitriles is 1. The fourth-order valence-corrected chi connectivity index (χ4v) is 6.65. The highest BCUT2D eigenvalue weighted by atomic mass is 35.5. The number of carbonyl (C=O) groups excluding carboxylic acids is 1. The first kappa shape index (κ1) is 22.9. The third kappa shape index (κ3) is 4.73. The number of rotatable bonds is 7. The highest BCUT2D eigenvalue weighted by Crippen LogP contribution is 2.42. The molecule has 0 aromatic heterocycles. The normalized spacial score (nSPS) is 23.8. The van der Waals surface area contributed by atoms with Gasteiger partial charge in [0.25, 0.3) is 0 Å². The van der Waals surface area contributed by atoms with E-state index in [2.05, 4.69) is 11.4 Å². The van der Waals surface area contributed by atoms with Gasteiger partial charge in [-0.15, -0.1) is 0 Å². The van der Waals surface area contributed by atoms with E-state index in [0.29, 0.717) is 23.6 Å². The number of hydrogen-bond donors (Lipinski definition) is 1. The number of nitrogens with zero attached hydrogens (tertiary/aromatic N) is 1. The molecule has 0 spiro atoms. The average Bonchev–Trinajstić information content (AvgIpc) is 3.40. The number of carbonyl (C=O) groups is 1. The quantitative estimate of drug-likeness (QED) is 0.617. The Kier molecular flexibility index (Phi) is 6.39. The Morgan fingerprint density at radius 3 is 2.44 bits per heavy atom. The molecule has 2 fully saturated rings. The lowest BCUT2D eigenvalue weighted by molar-refractivity contribution is -0.127. The van der Waals surface area contributed by atoms with E-state index in [-0.39, 0.29) is 41.2 Å². The van der Waals surface area contributed by atoms with E-state index in [1.165, 1.54) is 6.07 Å². The summed E-state index contributed by atoms with van der Waals surface area (Å²) >= 11 is 12.1. The number of nitrogens with one attached hydrogen (secondary N) is 1. The lowest BCUT2D eigenvalue weighted by Gasteiger charge is -2.21. The summed E-state index contributed by atoms with van der Waals surface area (Å²) in [6, 6.07) is 15.3. The molecule has 2 aromatic carbocycles. The van der Waals surface area contributed by atoms with Crippen molar-refractivity contribution in [2.45, 2.75) is 41.4 Å². The molecule has 32 heavy (non-hydrogen) atoms. The van der Waals surface area contributed by atoms with Gasteiger partial charge in [0, 0.05) is 16.9 Å². The first-order valence-corrected chi connectivity index (χ1v) is 12.6. The van der Waals surface area contributed by atoms with Crippen LogP contribution in [0.1, 0.15) is 25.7 Å². The molecule has 0 saturated heterocycles. The summed E-state index contributed by atoms with van der Waals surface area (Å²) < 4.78 is 32.5. The number of benzene rings is 2. The number of hydrogen-bond acceptors (Lipinski definition) is 5. The van der Waals surface area contributed by atoms with Crippen LogP contribution in [-0.2, 0) is 14.6 Å². The molecular formula is C23H22Cl2N2O4S. The van der Waals surface area contributed by atoms with Gasteiger partial charge in [-0.1, -0.05) is 35.3 Å². The van der Waals surface area contributed by atoms with Crippen molar-refractivity contribution in [1.82, 2.24) is 5.32 Å². The van der Waals surface area contributed by atoms with Gasteiger partial charge in [-0.05, 0) is 62.1 Å². The Labute approximate surface area is 197 Å². The van der Waals surface area contributed by atoms with Crippen LogP contribution < -0.4 is 10.1 Å². The van der Waals surface area contributed by atoms with Crippen LogP contribution in [-0.4, -0.2) is 31.7 Å². The molecule has 2 aromatic rings. The van der Waals surface area contributed by atoms with Crippen molar-refractivity contribution in [3.8, 4) is 11.8 Å². The van der Waals surface area contributed by atoms with Gasteiger partial charge in [0.2, 0.25) is 5.91 Å². The highest BCUT2D eigenvalue weighted by molar-refractivity contribution is 7.92. The third-order valence-corrected chi connectivity index (χ3v) is 9.10. The minimum Gasteiger partial charge on any atom is -0.493 e. The number of ether oxygens (including phenoxy) is 1. The number of halogens is 2. The molecule has 0 radical (unpaired) electrons. The van der Waals surface area contributed by atoms with Gasteiger partial charge in [-0.2, -0.15) is 5.26 Å². The van der Waals surface area contributed by atoms with E-state index in [1.807, 2.05) is 0 Å². The van der Waals surface area contributed by atoms with Gasteiger partial charge in [-0.25, -0.2) is 8.42 Å². The van der Waals surface area contributed by atoms with Gasteiger partial charge in [-0.3, -0.25) is 4.79 Å². The van der Waals surface area contributed by atoms with E-state index in [9.17, 15) is 18.5 Å². The minimum absolute atomic E-state index is 0.0702. The van der Waals surface area contributed by atoms with Crippen LogP contribution in [0.2, 0.25) is 10.0 Å². The van der Waals surface area contributed by atoms with Gasteiger partial charge < -0.3 is 10.1 Å². The van der Waals surface area contributed by atoms with Crippen LogP contribution in [0.5, 0.6) is 5.75 Å². The molecule has 6 nitrogen and oxygen atoms in total. The zero-order valence-corrected chi connectivity index (χ0v) is 19.5. The average molecular weight is 493 g/mol. The van der Waals surface area contributed by atoms with Crippen molar-refractivity contribution in [2.75, 3.05) is 6.61 Å². The van der Waals surface area contributed by atoms with Crippen molar-refractivity contribution >= 4 is 38.9 Å². The fourth-order valence-electron chi connectivity index (χ4n) is 4.14. The zero-order chi connectivity index (χ0) is 22.9. The van der Waals surface area contributed by atoms with Gasteiger partial charge in [0.15, 0.2) is 9.84 Å². The molecule has 0 aliphatic heterocycles. The summed E-state index contributed by atoms with van der Waals surface area (Å²) in [6.45, 7) is 0.174. The molecule has 1 N–H and O–H groups in total. The van der Waals surface area contributed by atoms with Crippen molar-refractivity contribution in [3.63, 3.8) is 0 Å². The standard InChI is InChI=1S/C23H22Cl2N2O4S/c24-16-5-7-17(8-6-16)31-13-15-11-18(32(29,30)21-4-2-1-3-20(21)25)12-19(15)22(28)27-23(14-26)9-10-23/h1-8,15,18-19H,9-13H2,(H,27,28)/t15-,18?,19+/m0/s1. The van der Waals surface area contributed by atoms with Crippen molar-refractivity contribution in [3.05, 3.63) is 58.6 Å². The minimum atomic E-state index is -3.74. The molecule has 2 aliphatic rings. The van der Waals surface area contributed by atoms with E-state index in [4.69, 9.17) is 27.9 Å².